The normalized spacial score (nSPS) is 12.5. The van der Waals surface area contributed by atoms with Gasteiger partial charge < -0.3 is 19.7 Å². The molecule has 0 radical (unpaired) electrons. The number of aryl methyl sites for hydroxylation is 1. The number of carboxylic acids is 1. The van der Waals surface area contributed by atoms with Crippen LogP contribution in [0, 0.1) is 6.92 Å². The Hall–Kier alpha value is -2.40. The second kappa shape index (κ2) is 8.12. The molecule has 1 aromatic heterocycles. The number of carbonyl (C=O) groups excluding carboxylic acids is 2. The number of nitrogens with zero attached hydrogens (tertiary/aromatic N) is 1. The van der Waals surface area contributed by atoms with Gasteiger partial charge >= 0.3 is 5.97 Å². The van der Waals surface area contributed by atoms with E-state index in [0.29, 0.717) is 0 Å². The third-order valence-corrected chi connectivity index (χ3v) is 4.74. The molecule has 0 aliphatic heterocycles. The van der Waals surface area contributed by atoms with E-state index in [1.165, 1.54) is 27.8 Å². The van der Waals surface area contributed by atoms with Crippen LogP contribution < -0.4 is 10.0 Å². The minimum atomic E-state index is -3.88. The lowest BCUT2D eigenvalue weighted by Gasteiger charge is -2.26. The van der Waals surface area contributed by atoms with E-state index in [1.54, 1.807) is 0 Å². The van der Waals surface area contributed by atoms with Crippen molar-refractivity contribution in [2.24, 2.45) is 0 Å². The van der Waals surface area contributed by atoms with Gasteiger partial charge in [0.25, 0.3) is 15.9 Å². The van der Waals surface area contributed by atoms with Crippen molar-refractivity contribution < 1.29 is 32.3 Å². The fourth-order valence-corrected chi connectivity index (χ4v) is 2.72. The van der Waals surface area contributed by atoms with Gasteiger partial charge in [-0.2, -0.15) is 0 Å². The van der Waals surface area contributed by atoms with Crippen LogP contribution in [0.3, 0.4) is 0 Å². The van der Waals surface area contributed by atoms with Crippen molar-refractivity contribution in [2.75, 3.05) is 20.1 Å². The number of amides is 2. The second-order valence-electron chi connectivity index (χ2n) is 5.24. The number of aliphatic carboxylic acids is 1. The standard InChI is InChI=1S/C14H21N3O7S/c1-8(14(20)21)17(6-5-16-10(3)18)13(19)11-7-12(24-9(11)2)25(22,23)15-4/h7-8,15H,5-6H2,1-4H3,(H,16,18)(H,20,21). The maximum Gasteiger partial charge on any atom is 0.326 e. The minimum absolute atomic E-state index is 0.0425. The van der Waals surface area contributed by atoms with Gasteiger partial charge in [0.15, 0.2) is 0 Å². The summed E-state index contributed by atoms with van der Waals surface area (Å²) in [5.41, 5.74) is -0.0650. The molecule has 1 aromatic rings. The molecule has 10 nitrogen and oxygen atoms in total. The zero-order chi connectivity index (χ0) is 19.4. The van der Waals surface area contributed by atoms with E-state index >= 15 is 0 Å². The van der Waals surface area contributed by atoms with Crippen LogP contribution in [-0.2, 0) is 19.6 Å². The van der Waals surface area contributed by atoms with Gasteiger partial charge in [-0.15, -0.1) is 0 Å². The molecule has 0 saturated carbocycles. The molecule has 0 saturated heterocycles. The largest absolute Gasteiger partial charge is 0.480 e. The summed E-state index contributed by atoms with van der Waals surface area (Å²) in [5.74, 6) is -2.22. The Morgan fingerprint density at radius 1 is 1.36 bits per heavy atom. The number of nitrogens with one attached hydrogen (secondary N) is 2. The first kappa shape index (κ1) is 20.6. The summed E-state index contributed by atoms with van der Waals surface area (Å²) < 4.78 is 30.7. The maximum absolute atomic E-state index is 12.7. The lowest BCUT2D eigenvalue weighted by molar-refractivity contribution is -0.141. The zero-order valence-electron chi connectivity index (χ0n) is 14.3. The van der Waals surface area contributed by atoms with Crippen molar-refractivity contribution in [3.8, 4) is 0 Å². The first-order chi connectivity index (χ1) is 11.5. The SMILES string of the molecule is CNS(=O)(=O)c1cc(C(=O)N(CCNC(C)=O)C(C)C(=O)O)c(C)o1. The highest BCUT2D eigenvalue weighted by atomic mass is 32.2. The number of carbonyl (C=O) groups is 3. The van der Waals surface area contributed by atoms with Gasteiger partial charge in [-0.1, -0.05) is 0 Å². The van der Waals surface area contributed by atoms with E-state index in [-0.39, 0.29) is 30.3 Å². The first-order valence-corrected chi connectivity index (χ1v) is 8.81. The first-order valence-electron chi connectivity index (χ1n) is 7.33. The zero-order valence-corrected chi connectivity index (χ0v) is 15.1. The molecule has 1 unspecified atom stereocenters. The lowest BCUT2D eigenvalue weighted by atomic mass is 10.2. The quantitative estimate of drug-likeness (QED) is 0.557. The molecular formula is C14H21N3O7S. The summed E-state index contributed by atoms with van der Waals surface area (Å²) in [6.45, 7) is 4.00. The van der Waals surface area contributed by atoms with Crippen molar-refractivity contribution in [3.63, 3.8) is 0 Å². The Balaban J connectivity index is 3.16. The summed E-state index contributed by atoms with van der Waals surface area (Å²) in [4.78, 5) is 35.9. The highest BCUT2D eigenvalue weighted by Gasteiger charge is 2.30. The van der Waals surface area contributed by atoms with Gasteiger partial charge in [0, 0.05) is 26.1 Å². The molecule has 2 amide bonds. The van der Waals surface area contributed by atoms with Crippen LogP contribution in [-0.4, -0.2) is 62.4 Å². The number of furan rings is 1. The van der Waals surface area contributed by atoms with E-state index in [4.69, 9.17) is 4.42 Å². The molecule has 11 heteroatoms. The number of sulfonamides is 1. The molecule has 0 aromatic carbocycles. The number of hydrogen-bond donors (Lipinski definition) is 3. The molecule has 0 aliphatic rings. The Bertz CT molecular complexity index is 769. The van der Waals surface area contributed by atoms with Crippen LogP contribution in [0.1, 0.15) is 30.0 Å². The summed E-state index contributed by atoms with van der Waals surface area (Å²) in [6.07, 6.45) is 0. The Kier molecular flexibility index (Phi) is 6.70. The van der Waals surface area contributed by atoms with Gasteiger partial charge in [-0.25, -0.2) is 17.9 Å². The molecular weight excluding hydrogens is 354 g/mol. The van der Waals surface area contributed by atoms with Crippen LogP contribution in [0.5, 0.6) is 0 Å². The topological polar surface area (TPSA) is 146 Å². The molecule has 1 atom stereocenters. The average molecular weight is 375 g/mol. The molecule has 0 spiro atoms. The van der Waals surface area contributed by atoms with Crippen molar-refractivity contribution in [1.29, 1.82) is 0 Å². The van der Waals surface area contributed by atoms with Crippen LogP contribution in [0.15, 0.2) is 15.6 Å². The van der Waals surface area contributed by atoms with Crippen LogP contribution in [0.4, 0.5) is 0 Å². The molecule has 0 bridgehead atoms. The number of rotatable bonds is 8. The highest BCUT2D eigenvalue weighted by Crippen LogP contribution is 2.21. The van der Waals surface area contributed by atoms with E-state index in [0.717, 1.165) is 11.0 Å². The minimum Gasteiger partial charge on any atom is -0.480 e. The van der Waals surface area contributed by atoms with Gasteiger partial charge in [-0.05, 0) is 20.9 Å². The lowest BCUT2D eigenvalue weighted by Crippen LogP contribution is -2.46. The number of hydrogen-bond acceptors (Lipinski definition) is 6. The summed E-state index contributed by atoms with van der Waals surface area (Å²) in [7, 11) is -2.69. The summed E-state index contributed by atoms with van der Waals surface area (Å²) in [5, 5.41) is 11.2. The molecule has 140 valence electrons. The van der Waals surface area contributed by atoms with Crippen molar-refractivity contribution in [3.05, 3.63) is 17.4 Å². The van der Waals surface area contributed by atoms with Crippen molar-refractivity contribution in [2.45, 2.75) is 31.9 Å². The Labute approximate surface area is 145 Å². The fraction of sp³-hybridized carbons (Fsp3) is 0.500. The summed E-state index contributed by atoms with van der Waals surface area (Å²) in [6, 6.07) is -0.136. The fourth-order valence-electron chi connectivity index (χ4n) is 2.01. The molecule has 0 fully saturated rings. The molecule has 1 heterocycles. The van der Waals surface area contributed by atoms with Gasteiger partial charge in [0.2, 0.25) is 11.0 Å². The predicted octanol–water partition coefficient (Wildman–Crippen LogP) is -0.452. The van der Waals surface area contributed by atoms with E-state index < -0.39 is 33.0 Å². The summed E-state index contributed by atoms with van der Waals surface area (Å²) >= 11 is 0. The van der Waals surface area contributed by atoms with Crippen molar-refractivity contribution in [1.82, 2.24) is 14.9 Å². The molecule has 3 N–H and O–H groups in total. The smallest absolute Gasteiger partial charge is 0.326 e. The van der Waals surface area contributed by atoms with E-state index in [9.17, 15) is 27.9 Å². The molecule has 25 heavy (non-hydrogen) atoms. The maximum atomic E-state index is 12.7. The Morgan fingerprint density at radius 2 is 1.96 bits per heavy atom. The van der Waals surface area contributed by atoms with E-state index in [1.807, 2.05) is 0 Å². The van der Waals surface area contributed by atoms with Crippen LogP contribution in [0.25, 0.3) is 0 Å². The third kappa shape index (κ3) is 5.03. The Morgan fingerprint density at radius 3 is 2.44 bits per heavy atom. The van der Waals surface area contributed by atoms with Gasteiger partial charge in [0.1, 0.15) is 11.8 Å². The van der Waals surface area contributed by atoms with E-state index in [2.05, 4.69) is 10.0 Å². The average Bonchev–Trinajstić information content (AvgIpc) is 2.92. The number of carboxylic acid groups (broad SMARTS) is 1. The van der Waals surface area contributed by atoms with Crippen molar-refractivity contribution >= 4 is 27.8 Å². The highest BCUT2D eigenvalue weighted by molar-refractivity contribution is 7.89. The second-order valence-corrected chi connectivity index (χ2v) is 7.06. The van der Waals surface area contributed by atoms with Gasteiger partial charge in [-0.3, -0.25) is 9.59 Å². The predicted molar refractivity (Wildman–Crippen MR) is 86.5 cm³/mol. The van der Waals surface area contributed by atoms with Crippen LogP contribution >= 0.6 is 0 Å². The monoisotopic (exact) mass is 375 g/mol. The molecule has 0 aliphatic carbocycles. The van der Waals surface area contributed by atoms with Gasteiger partial charge in [0.05, 0.1) is 5.56 Å². The molecule has 1 rings (SSSR count). The van der Waals surface area contributed by atoms with Crippen LogP contribution in [0.2, 0.25) is 0 Å². The third-order valence-electron chi connectivity index (χ3n) is 3.47.